The summed E-state index contributed by atoms with van der Waals surface area (Å²) in [5, 5.41) is 0. The Bertz CT molecular complexity index is 369. The Morgan fingerprint density at radius 1 is 0.760 bits per heavy atom. The van der Waals surface area contributed by atoms with Crippen LogP contribution in [-0.4, -0.2) is 43.9 Å². The average molecular weight is 364 g/mol. The zero-order chi connectivity index (χ0) is 18.2. The molecule has 2 saturated carbocycles. The number of halogens is 3. The van der Waals surface area contributed by atoms with Gasteiger partial charge in [0.2, 0.25) is 0 Å². The first-order valence-corrected chi connectivity index (χ1v) is 10.2. The Morgan fingerprint density at radius 3 is 2.16 bits per heavy atom. The topological polar surface area (TPSA) is 18.5 Å². The molecule has 2 aliphatic rings. The van der Waals surface area contributed by atoms with Crippen LogP contribution in [0.2, 0.25) is 0 Å². The van der Waals surface area contributed by atoms with Crippen LogP contribution in [0, 0.1) is 11.8 Å². The number of ether oxygens (including phenoxy) is 2. The maximum Gasteiger partial charge on any atom is 0.157 e. The fraction of sp³-hybridized carbons (Fsp3) is 1.00. The minimum atomic E-state index is -1.58. The van der Waals surface area contributed by atoms with Crippen LogP contribution in [-0.2, 0) is 9.47 Å². The molecule has 0 radical (unpaired) electrons. The van der Waals surface area contributed by atoms with Gasteiger partial charge in [0.15, 0.2) is 6.17 Å². The lowest BCUT2D eigenvalue weighted by atomic mass is 9.70. The molecule has 0 bridgehead atoms. The summed E-state index contributed by atoms with van der Waals surface area (Å²) in [7, 11) is 0. The van der Waals surface area contributed by atoms with Crippen molar-refractivity contribution in [2.75, 3.05) is 13.2 Å². The van der Waals surface area contributed by atoms with E-state index in [1.807, 2.05) is 6.92 Å². The fourth-order valence-corrected chi connectivity index (χ4v) is 4.34. The second-order valence-corrected chi connectivity index (χ2v) is 7.74. The first kappa shape index (κ1) is 21.0. The van der Waals surface area contributed by atoms with E-state index in [4.69, 9.17) is 9.47 Å². The van der Waals surface area contributed by atoms with Crippen molar-refractivity contribution in [2.45, 2.75) is 102 Å². The van der Waals surface area contributed by atoms with Crippen LogP contribution in [0.5, 0.6) is 0 Å². The maximum absolute atomic E-state index is 14.6. The zero-order valence-electron chi connectivity index (χ0n) is 15.8. The number of hydrogen-bond donors (Lipinski definition) is 0. The number of alkyl halides is 3. The Hall–Kier alpha value is -0.290. The van der Waals surface area contributed by atoms with E-state index in [9.17, 15) is 13.2 Å². The van der Waals surface area contributed by atoms with Gasteiger partial charge in [0, 0.05) is 13.2 Å². The third-order valence-electron chi connectivity index (χ3n) is 5.83. The van der Waals surface area contributed by atoms with E-state index >= 15 is 0 Å². The molecule has 0 aromatic heterocycles. The van der Waals surface area contributed by atoms with Crippen LogP contribution in [0.15, 0.2) is 0 Å². The van der Waals surface area contributed by atoms with Crippen LogP contribution in [0.25, 0.3) is 0 Å². The lowest BCUT2D eigenvalue weighted by Crippen LogP contribution is -2.47. The van der Waals surface area contributed by atoms with Crippen LogP contribution in [0.4, 0.5) is 13.2 Å². The normalized spacial score (nSPS) is 39.5. The summed E-state index contributed by atoms with van der Waals surface area (Å²) in [6, 6.07) is 0. The van der Waals surface area contributed by atoms with Crippen molar-refractivity contribution in [3.8, 4) is 0 Å². The smallest absolute Gasteiger partial charge is 0.157 e. The van der Waals surface area contributed by atoms with E-state index < -0.39 is 24.6 Å². The molecule has 5 heteroatoms. The summed E-state index contributed by atoms with van der Waals surface area (Å²) in [4.78, 5) is 0. The molecule has 2 fully saturated rings. The second kappa shape index (κ2) is 10.8. The van der Waals surface area contributed by atoms with Crippen LogP contribution < -0.4 is 0 Å². The summed E-state index contributed by atoms with van der Waals surface area (Å²) in [5.74, 6) is -0.457. The third kappa shape index (κ3) is 5.85. The Labute approximate surface area is 150 Å². The fourth-order valence-electron chi connectivity index (χ4n) is 4.34. The van der Waals surface area contributed by atoms with E-state index in [0.717, 1.165) is 32.1 Å². The van der Waals surface area contributed by atoms with Crippen molar-refractivity contribution in [1.29, 1.82) is 0 Å². The van der Waals surface area contributed by atoms with E-state index in [1.165, 1.54) is 0 Å². The molecule has 0 heterocycles. The van der Waals surface area contributed by atoms with Gasteiger partial charge in [-0.3, -0.25) is 0 Å². The van der Waals surface area contributed by atoms with Crippen molar-refractivity contribution in [2.24, 2.45) is 11.8 Å². The maximum atomic E-state index is 14.6. The van der Waals surface area contributed by atoms with Gasteiger partial charge in [0.1, 0.15) is 12.3 Å². The molecule has 0 aromatic carbocycles. The molecule has 7 unspecified atom stereocenters. The van der Waals surface area contributed by atoms with Crippen molar-refractivity contribution in [3.63, 3.8) is 0 Å². The van der Waals surface area contributed by atoms with Gasteiger partial charge in [-0.15, -0.1) is 0 Å². The van der Waals surface area contributed by atoms with Gasteiger partial charge in [-0.2, -0.15) is 0 Å². The molecule has 0 spiro atoms. The standard InChI is InChI=1S/C20H35F3O2/c1-3-5-6-12-25-17-9-7-14(13-16(17)21)15-8-10-18(24-11-4-2)20(23)19(15)22/h14-20H,3-13H2,1-2H3. The highest BCUT2D eigenvalue weighted by Crippen LogP contribution is 2.42. The van der Waals surface area contributed by atoms with Gasteiger partial charge in [-0.25, -0.2) is 13.2 Å². The molecule has 7 atom stereocenters. The van der Waals surface area contributed by atoms with E-state index in [0.29, 0.717) is 38.9 Å². The second-order valence-electron chi connectivity index (χ2n) is 7.74. The zero-order valence-corrected chi connectivity index (χ0v) is 15.8. The highest BCUT2D eigenvalue weighted by atomic mass is 19.2. The summed E-state index contributed by atoms with van der Waals surface area (Å²) in [6.07, 6.45) is 1.59. The first-order chi connectivity index (χ1) is 12.1. The summed E-state index contributed by atoms with van der Waals surface area (Å²) < 4.78 is 54.6. The minimum absolute atomic E-state index is 0.0779. The first-order valence-electron chi connectivity index (χ1n) is 10.2. The lowest BCUT2D eigenvalue weighted by molar-refractivity contribution is -0.0992. The predicted molar refractivity (Wildman–Crippen MR) is 94.0 cm³/mol. The summed E-state index contributed by atoms with van der Waals surface area (Å²) in [5.41, 5.74) is 0. The molecular weight excluding hydrogens is 329 g/mol. The minimum Gasteiger partial charge on any atom is -0.375 e. The molecule has 2 rings (SSSR count). The monoisotopic (exact) mass is 364 g/mol. The van der Waals surface area contributed by atoms with Gasteiger partial charge < -0.3 is 9.47 Å². The molecule has 0 amide bonds. The van der Waals surface area contributed by atoms with Crippen molar-refractivity contribution < 1.29 is 22.6 Å². The molecule has 0 N–H and O–H groups in total. The lowest BCUT2D eigenvalue weighted by Gasteiger charge is -2.42. The van der Waals surface area contributed by atoms with Crippen LogP contribution >= 0.6 is 0 Å². The number of rotatable bonds is 9. The molecule has 0 aliphatic heterocycles. The molecule has 2 aliphatic carbocycles. The molecule has 0 aromatic rings. The molecule has 2 nitrogen and oxygen atoms in total. The molecule has 25 heavy (non-hydrogen) atoms. The van der Waals surface area contributed by atoms with E-state index in [1.54, 1.807) is 0 Å². The average Bonchev–Trinajstić information content (AvgIpc) is 2.61. The van der Waals surface area contributed by atoms with Gasteiger partial charge in [0.25, 0.3) is 0 Å². The highest BCUT2D eigenvalue weighted by Gasteiger charge is 2.46. The van der Waals surface area contributed by atoms with Crippen LogP contribution in [0.1, 0.15) is 71.6 Å². The van der Waals surface area contributed by atoms with Crippen molar-refractivity contribution in [1.82, 2.24) is 0 Å². The van der Waals surface area contributed by atoms with Crippen molar-refractivity contribution >= 4 is 0 Å². The molecule has 0 saturated heterocycles. The Balaban J connectivity index is 1.79. The van der Waals surface area contributed by atoms with E-state index in [2.05, 4.69) is 6.92 Å². The molecular formula is C20H35F3O2. The quantitative estimate of drug-likeness (QED) is 0.497. The largest absolute Gasteiger partial charge is 0.375 e. The third-order valence-corrected chi connectivity index (χ3v) is 5.83. The number of unbranched alkanes of at least 4 members (excludes halogenated alkanes) is 2. The highest BCUT2D eigenvalue weighted by molar-refractivity contribution is 4.94. The van der Waals surface area contributed by atoms with Gasteiger partial charge in [-0.1, -0.05) is 26.7 Å². The SMILES string of the molecule is CCCCCOC1CCC(C2CCC(OCCC)C(F)C2F)CC1F. The van der Waals surface area contributed by atoms with E-state index in [-0.39, 0.29) is 17.9 Å². The Kier molecular flexibility index (Phi) is 9.05. The van der Waals surface area contributed by atoms with Crippen LogP contribution in [0.3, 0.4) is 0 Å². The van der Waals surface area contributed by atoms with Gasteiger partial charge in [-0.05, 0) is 56.8 Å². The van der Waals surface area contributed by atoms with Gasteiger partial charge >= 0.3 is 0 Å². The summed E-state index contributed by atoms with van der Waals surface area (Å²) >= 11 is 0. The van der Waals surface area contributed by atoms with Crippen molar-refractivity contribution in [3.05, 3.63) is 0 Å². The van der Waals surface area contributed by atoms with Gasteiger partial charge in [0.05, 0.1) is 12.2 Å². The predicted octanol–water partition coefficient (Wildman–Crippen LogP) is 5.58. The summed E-state index contributed by atoms with van der Waals surface area (Å²) in [6.45, 7) is 5.14. The number of hydrogen-bond acceptors (Lipinski definition) is 2. The Morgan fingerprint density at radius 2 is 1.48 bits per heavy atom. The molecule has 148 valence electrons.